The Morgan fingerprint density at radius 1 is 1.24 bits per heavy atom. The number of nitrogens with zero attached hydrogens (tertiary/aromatic N) is 1. The van der Waals surface area contributed by atoms with Gasteiger partial charge in [0.2, 0.25) is 11.5 Å². The second kappa shape index (κ2) is 5.94. The molecule has 0 bridgehead atoms. The minimum Gasteiger partial charge on any atom is -0.461 e. The minimum absolute atomic E-state index is 0.0374. The number of aryl methyl sites for hydroxylation is 1. The maximum atomic E-state index is 13.3. The van der Waals surface area contributed by atoms with Gasteiger partial charge in [-0.25, -0.2) is 9.18 Å². The summed E-state index contributed by atoms with van der Waals surface area (Å²) in [5.41, 5.74) is 1.38. The van der Waals surface area contributed by atoms with Crippen molar-refractivity contribution >= 4 is 16.9 Å². The molecule has 0 spiro atoms. The second-order valence-electron chi connectivity index (χ2n) is 5.43. The number of ether oxygens (including phenoxy) is 1. The molecule has 0 radical (unpaired) electrons. The maximum Gasteiger partial charge on any atom is 0.374 e. The summed E-state index contributed by atoms with van der Waals surface area (Å²) in [4.78, 5) is 12.2. The molecule has 0 aliphatic rings. The van der Waals surface area contributed by atoms with Gasteiger partial charge in [0.1, 0.15) is 23.7 Å². The first-order valence-electron chi connectivity index (χ1n) is 7.47. The van der Waals surface area contributed by atoms with Crippen LogP contribution in [0.3, 0.4) is 0 Å². The number of halogens is 1. The number of aromatic nitrogens is 1. The van der Waals surface area contributed by atoms with Crippen molar-refractivity contribution in [3.63, 3.8) is 0 Å². The van der Waals surface area contributed by atoms with Crippen molar-refractivity contribution in [1.82, 2.24) is 5.16 Å². The van der Waals surface area contributed by atoms with Crippen LogP contribution in [0.2, 0.25) is 0 Å². The van der Waals surface area contributed by atoms with Gasteiger partial charge in [-0.2, -0.15) is 0 Å². The lowest BCUT2D eigenvalue weighted by atomic mass is 10.1. The molecule has 4 rings (SSSR count). The lowest BCUT2D eigenvalue weighted by Gasteiger charge is -2.00. The maximum absolute atomic E-state index is 13.3. The van der Waals surface area contributed by atoms with Crippen molar-refractivity contribution in [3.8, 4) is 11.5 Å². The number of carbonyl (C=O) groups excluding carboxylic acids is 1. The fourth-order valence-electron chi connectivity index (χ4n) is 2.51. The van der Waals surface area contributed by atoms with Gasteiger partial charge in [-0.05, 0) is 37.3 Å². The molecule has 4 aromatic rings. The number of hydrogen-bond acceptors (Lipinski definition) is 6. The topological polar surface area (TPSA) is 78.6 Å². The third-order valence-electron chi connectivity index (χ3n) is 3.76. The van der Waals surface area contributed by atoms with Crippen molar-refractivity contribution < 1.29 is 27.3 Å². The van der Waals surface area contributed by atoms with E-state index in [0.29, 0.717) is 33.7 Å². The van der Waals surface area contributed by atoms with E-state index in [0.717, 1.165) is 0 Å². The van der Waals surface area contributed by atoms with Gasteiger partial charge in [0.15, 0.2) is 5.76 Å². The lowest BCUT2D eigenvalue weighted by Crippen LogP contribution is -2.05. The van der Waals surface area contributed by atoms with E-state index >= 15 is 0 Å². The summed E-state index contributed by atoms with van der Waals surface area (Å²) < 4.78 is 34.3. The van der Waals surface area contributed by atoms with Gasteiger partial charge in [-0.15, -0.1) is 0 Å². The molecule has 0 fully saturated rings. The summed E-state index contributed by atoms with van der Waals surface area (Å²) in [7, 11) is 0. The summed E-state index contributed by atoms with van der Waals surface area (Å²) >= 11 is 0. The highest BCUT2D eigenvalue weighted by molar-refractivity contribution is 5.95. The van der Waals surface area contributed by atoms with E-state index in [9.17, 15) is 9.18 Å². The Hall–Kier alpha value is -3.35. The minimum atomic E-state index is -0.656. The van der Waals surface area contributed by atoms with Crippen molar-refractivity contribution in [2.75, 3.05) is 0 Å². The fraction of sp³-hybridized carbons (Fsp3) is 0.111. The Morgan fingerprint density at radius 2 is 2.12 bits per heavy atom. The van der Waals surface area contributed by atoms with Crippen molar-refractivity contribution in [2.24, 2.45) is 0 Å². The van der Waals surface area contributed by atoms with Crippen LogP contribution < -0.4 is 0 Å². The molecule has 126 valence electrons. The number of hydrogen-bond donors (Lipinski definition) is 0. The van der Waals surface area contributed by atoms with Crippen LogP contribution in [0.15, 0.2) is 56.0 Å². The third kappa shape index (κ3) is 2.80. The highest BCUT2D eigenvalue weighted by atomic mass is 19.1. The van der Waals surface area contributed by atoms with Gasteiger partial charge in [-0.1, -0.05) is 5.16 Å². The van der Waals surface area contributed by atoms with Crippen molar-refractivity contribution in [2.45, 2.75) is 13.5 Å². The monoisotopic (exact) mass is 341 g/mol. The Kier molecular flexibility index (Phi) is 3.61. The van der Waals surface area contributed by atoms with E-state index in [1.165, 1.54) is 24.5 Å². The van der Waals surface area contributed by atoms with Crippen LogP contribution in [0.25, 0.3) is 22.5 Å². The zero-order chi connectivity index (χ0) is 17.4. The lowest BCUT2D eigenvalue weighted by molar-refractivity contribution is 0.0429. The number of carbonyl (C=O) groups is 1. The van der Waals surface area contributed by atoms with Crippen LogP contribution in [0, 0.1) is 12.7 Å². The summed E-state index contributed by atoms with van der Waals surface area (Å²) in [6, 6.07) is 9.14. The van der Waals surface area contributed by atoms with Crippen molar-refractivity contribution in [1.29, 1.82) is 0 Å². The van der Waals surface area contributed by atoms with E-state index in [1.54, 1.807) is 25.1 Å². The van der Waals surface area contributed by atoms with Crippen LogP contribution in [-0.2, 0) is 11.3 Å². The predicted molar refractivity (Wildman–Crippen MR) is 84.2 cm³/mol. The Labute approximate surface area is 140 Å². The fourth-order valence-corrected chi connectivity index (χ4v) is 2.51. The normalized spacial score (nSPS) is 11.1. The van der Waals surface area contributed by atoms with Crippen LogP contribution >= 0.6 is 0 Å². The molecule has 0 saturated carbocycles. The second-order valence-corrected chi connectivity index (χ2v) is 5.43. The van der Waals surface area contributed by atoms with E-state index in [2.05, 4.69) is 5.16 Å². The van der Waals surface area contributed by atoms with E-state index < -0.39 is 11.8 Å². The average molecular weight is 341 g/mol. The van der Waals surface area contributed by atoms with Gasteiger partial charge in [0.25, 0.3) is 0 Å². The average Bonchev–Trinajstić information content (AvgIpc) is 3.33. The molecule has 0 unspecified atom stereocenters. The van der Waals surface area contributed by atoms with Crippen LogP contribution in [0.1, 0.15) is 21.8 Å². The molecule has 3 aromatic heterocycles. The first kappa shape index (κ1) is 15.2. The Balaban J connectivity index is 1.50. The summed E-state index contributed by atoms with van der Waals surface area (Å²) in [6.45, 7) is 1.58. The van der Waals surface area contributed by atoms with Gasteiger partial charge >= 0.3 is 5.97 Å². The Bertz CT molecular complexity index is 1040. The molecule has 0 atom stereocenters. The van der Waals surface area contributed by atoms with E-state index in [-0.39, 0.29) is 12.4 Å². The molecule has 25 heavy (non-hydrogen) atoms. The molecule has 0 saturated heterocycles. The zero-order valence-electron chi connectivity index (χ0n) is 13.1. The molecule has 1 aromatic carbocycles. The molecule has 0 N–H and O–H groups in total. The standard InChI is InChI=1S/C18H12FNO5/c1-10-13-7-11(19)4-5-14(13)24-17(10)18(21)23-9-12-8-16(25-20-12)15-3-2-6-22-15/h2-8H,9H2,1H3. The highest BCUT2D eigenvalue weighted by Gasteiger charge is 2.20. The van der Waals surface area contributed by atoms with Crippen LogP contribution in [-0.4, -0.2) is 11.1 Å². The molecule has 0 aliphatic heterocycles. The highest BCUT2D eigenvalue weighted by Crippen LogP contribution is 2.27. The van der Waals surface area contributed by atoms with Gasteiger partial charge in [0.05, 0.1) is 6.26 Å². The summed E-state index contributed by atoms with van der Waals surface area (Å²) in [6.07, 6.45) is 1.52. The van der Waals surface area contributed by atoms with E-state index in [1.807, 2.05) is 0 Å². The number of fused-ring (bicyclic) bond motifs is 1. The number of benzene rings is 1. The summed E-state index contributed by atoms with van der Waals surface area (Å²) in [5.74, 6) is -0.0527. The van der Waals surface area contributed by atoms with Gasteiger partial charge in [0, 0.05) is 17.0 Å². The molecule has 7 heteroatoms. The third-order valence-corrected chi connectivity index (χ3v) is 3.76. The van der Waals surface area contributed by atoms with Gasteiger partial charge < -0.3 is 18.1 Å². The van der Waals surface area contributed by atoms with Crippen LogP contribution in [0.5, 0.6) is 0 Å². The largest absolute Gasteiger partial charge is 0.461 e. The number of esters is 1. The molecule has 3 heterocycles. The molecular weight excluding hydrogens is 329 g/mol. The summed E-state index contributed by atoms with van der Waals surface area (Å²) in [5, 5.41) is 4.36. The SMILES string of the molecule is Cc1c(C(=O)OCc2cc(-c3ccco3)on2)oc2ccc(F)cc12. The quantitative estimate of drug-likeness (QED) is 0.509. The number of furan rings is 2. The molecule has 6 nitrogen and oxygen atoms in total. The molecule has 0 aliphatic carbocycles. The predicted octanol–water partition coefficient (Wildman–Crippen LogP) is 4.49. The zero-order valence-corrected chi connectivity index (χ0v) is 13.1. The molecular formula is C18H12FNO5. The first-order chi connectivity index (χ1) is 12.1. The first-order valence-corrected chi connectivity index (χ1v) is 7.47. The Morgan fingerprint density at radius 3 is 2.92 bits per heavy atom. The van der Waals surface area contributed by atoms with E-state index in [4.69, 9.17) is 18.1 Å². The van der Waals surface area contributed by atoms with Gasteiger partial charge in [-0.3, -0.25) is 0 Å². The van der Waals surface area contributed by atoms with Crippen LogP contribution in [0.4, 0.5) is 4.39 Å². The smallest absolute Gasteiger partial charge is 0.374 e. The molecule has 0 amide bonds. The van der Waals surface area contributed by atoms with Crippen molar-refractivity contribution in [3.05, 3.63) is 65.5 Å². The number of rotatable bonds is 4.